The molecule has 2 N–H and O–H groups in total. The molecule has 2 saturated heterocycles. The van der Waals surface area contributed by atoms with Crippen LogP contribution in [0.25, 0.3) is 0 Å². The van der Waals surface area contributed by atoms with Crippen LogP contribution >= 0.6 is 0 Å². The van der Waals surface area contributed by atoms with E-state index < -0.39 is 12.1 Å². The molecule has 2 heterocycles. The van der Waals surface area contributed by atoms with Crippen molar-refractivity contribution in [2.75, 3.05) is 46.5 Å². The molecule has 2 fully saturated rings. The van der Waals surface area contributed by atoms with Gasteiger partial charge < -0.3 is 19.9 Å². The van der Waals surface area contributed by atoms with Gasteiger partial charge in [0, 0.05) is 45.8 Å². The fraction of sp³-hybridized carbons (Fsp3) is 0.619. The summed E-state index contributed by atoms with van der Waals surface area (Å²) in [6, 6.07) is 10.5. The lowest BCUT2D eigenvalue weighted by molar-refractivity contribution is -0.192. The molecule has 1 aromatic rings. The molecule has 0 radical (unpaired) electrons. The molecule has 2 aliphatic rings. The smallest absolute Gasteiger partial charge is 0.475 e. The molecule has 0 spiro atoms. The van der Waals surface area contributed by atoms with Crippen molar-refractivity contribution < 1.29 is 37.3 Å². The van der Waals surface area contributed by atoms with E-state index >= 15 is 0 Å². The van der Waals surface area contributed by atoms with Crippen LogP contribution in [0.3, 0.4) is 0 Å². The van der Waals surface area contributed by atoms with Gasteiger partial charge in [-0.25, -0.2) is 4.79 Å². The molecule has 0 unspecified atom stereocenters. The number of hydrogen-bond acceptors (Lipinski definition) is 5. The number of amides is 1. The third-order valence-corrected chi connectivity index (χ3v) is 5.41. The highest BCUT2D eigenvalue weighted by Gasteiger charge is 2.43. The summed E-state index contributed by atoms with van der Waals surface area (Å²) in [5.41, 5.74) is 1.34. The number of nitrogens with one attached hydrogen (secondary N) is 1. The van der Waals surface area contributed by atoms with Gasteiger partial charge in [0.1, 0.15) is 0 Å². The van der Waals surface area contributed by atoms with Crippen molar-refractivity contribution >= 4 is 11.9 Å². The number of hydrogen-bond donors (Lipinski definition) is 2. The SMILES string of the molecule is COCCNC(=O)[C@H]1CN(CCc2ccccc2)C[C@H]2OCC[C@@H]12.O=C(O)C(F)(F)F. The highest BCUT2D eigenvalue weighted by molar-refractivity contribution is 5.79. The van der Waals surface area contributed by atoms with Crippen LogP contribution < -0.4 is 5.32 Å². The number of aliphatic carboxylic acids is 1. The number of fused-ring (bicyclic) bond motifs is 1. The average Bonchev–Trinajstić information content (AvgIpc) is 3.21. The summed E-state index contributed by atoms with van der Waals surface area (Å²) < 4.78 is 42.7. The van der Waals surface area contributed by atoms with Crippen molar-refractivity contribution in [3.05, 3.63) is 35.9 Å². The first-order chi connectivity index (χ1) is 14.7. The molecule has 1 amide bonds. The van der Waals surface area contributed by atoms with Crippen LogP contribution in [0.2, 0.25) is 0 Å². The van der Waals surface area contributed by atoms with E-state index in [0.29, 0.717) is 19.1 Å². The van der Waals surface area contributed by atoms with Gasteiger partial charge >= 0.3 is 12.1 Å². The third-order valence-electron chi connectivity index (χ3n) is 5.41. The average molecular weight is 446 g/mol. The van der Waals surface area contributed by atoms with Gasteiger partial charge in [-0.15, -0.1) is 0 Å². The number of nitrogens with zero attached hydrogens (tertiary/aromatic N) is 1. The number of alkyl halides is 3. The Morgan fingerprint density at radius 2 is 1.94 bits per heavy atom. The van der Waals surface area contributed by atoms with E-state index in [1.807, 2.05) is 6.07 Å². The van der Waals surface area contributed by atoms with Gasteiger partial charge in [0.2, 0.25) is 5.91 Å². The van der Waals surface area contributed by atoms with E-state index in [1.165, 1.54) is 5.56 Å². The van der Waals surface area contributed by atoms with Crippen LogP contribution in [-0.4, -0.2) is 80.7 Å². The molecular formula is C21H29F3N2O5. The lowest BCUT2D eigenvalue weighted by Gasteiger charge is -2.39. The predicted molar refractivity (Wildman–Crippen MR) is 106 cm³/mol. The minimum Gasteiger partial charge on any atom is -0.475 e. The zero-order valence-electron chi connectivity index (χ0n) is 17.4. The van der Waals surface area contributed by atoms with Crippen molar-refractivity contribution in [1.29, 1.82) is 0 Å². The van der Waals surface area contributed by atoms with Crippen LogP contribution in [0.15, 0.2) is 30.3 Å². The summed E-state index contributed by atoms with van der Waals surface area (Å²) in [6.45, 7) is 4.66. The number of ether oxygens (including phenoxy) is 2. The molecule has 0 aliphatic carbocycles. The Kier molecular flexibility index (Phi) is 9.73. The molecule has 0 saturated carbocycles. The van der Waals surface area contributed by atoms with Crippen molar-refractivity contribution in [3.63, 3.8) is 0 Å². The highest BCUT2D eigenvalue weighted by Crippen LogP contribution is 2.33. The molecule has 0 bridgehead atoms. The van der Waals surface area contributed by atoms with Crippen LogP contribution in [0.5, 0.6) is 0 Å². The second kappa shape index (κ2) is 12.0. The number of likely N-dealkylation sites (tertiary alicyclic amines) is 1. The number of carbonyl (C=O) groups is 2. The lowest BCUT2D eigenvalue weighted by Crippen LogP contribution is -2.53. The first-order valence-corrected chi connectivity index (χ1v) is 10.2. The van der Waals surface area contributed by atoms with Crippen molar-refractivity contribution in [1.82, 2.24) is 10.2 Å². The third kappa shape index (κ3) is 8.12. The lowest BCUT2D eigenvalue weighted by atomic mass is 9.82. The number of benzene rings is 1. The molecule has 174 valence electrons. The maximum absolute atomic E-state index is 12.6. The first kappa shape index (κ1) is 25.1. The van der Waals surface area contributed by atoms with Crippen LogP contribution in [-0.2, 0) is 25.5 Å². The van der Waals surface area contributed by atoms with Crippen molar-refractivity contribution in [2.24, 2.45) is 11.8 Å². The summed E-state index contributed by atoms with van der Waals surface area (Å²) in [4.78, 5) is 23.9. The number of carboxylic acids is 1. The summed E-state index contributed by atoms with van der Waals surface area (Å²) >= 11 is 0. The minimum atomic E-state index is -5.08. The second-order valence-electron chi connectivity index (χ2n) is 7.55. The zero-order valence-corrected chi connectivity index (χ0v) is 17.4. The van der Waals surface area contributed by atoms with Gasteiger partial charge in [-0.2, -0.15) is 13.2 Å². The van der Waals surface area contributed by atoms with E-state index in [2.05, 4.69) is 34.5 Å². The van der Waals surface area contributed by atoms with Crippen LogP contribution in [0, 0.1) is 11.8 Å². The van der Waals surface area contributed by atoms with Gasteiger partial charge in [-0.1, -0.05) is 30.3 Å². The van der Waals surface area contributed by atoms with E-state index in [4.69, 9.17) is 19.4 Å². The highest BCUT2D eigenvalue weighted by atomic mass is 19.4. The normalized spacial score (nSPS) is 23.4. The number of methoxy groups -OCH3 is 1. The number of piperidine rings is 1. The molecule has 31 heavy (non-hydrogen) atoms. The topological polar surface area (TPSA) is 88.1 Å². The van der Waals surface area contributed by atoms with E-state index in [1.54, 1.807) is 7.11 Å². The van der Waals surface area contributed by atoms with Gasteiger partial charge in [-0.05, 0) is 18.4 Å². The zero-order chi connectivity index (χ0) is 22.9. The maximum atomic E-state index is 12.6. The Morgan fingerprint density at radius 1 is 1.26 bits per heavy atom. The Hall–Kier alpha value is -2.17. The van der Waals surface area contributed by atoms with E-state index in [9.17, 15) is 18.0 Å². The minimum absolute atomic E-state index is 0.0267. The van der Waals surface area contributed by atoms with Gasteiger partial charge in [-0.3, -0.25) is 9.69 Å². The maximum Gasteiger partial charge on any atom is 0.490 e. The molecular weight excluding hydrogens is 417 g/mol. The van der Waals surface area contributed by atoms with E-state index in [0.717, 1.165) is 39.1 Å². The molecule has 0 aromatic heterocycles. The molecule has 10 heteroatoms. The monoisotopic (exact) mass is 446 g/mol. The fourth-order valence-corrected chi connectivity index (χ4v) is 3.86. The second-order valence-corrected chi connectivity index (χ2v) is 7.55. The quantitative estimate of drug-likeness (QED) is 0.623. The Balaban J connectivity index is 0.000000423. The largest absolute Gasteiger partial charge is 0.490 e. The Morgan fingerprint density at radius 3 is 2.55 bits per heavy atom. The number of halogens is 3. The summed E-state index contributed by atoms with van der Waals surface area (Å²) in [6.07, 6.45) is -2.87. The molecule has 7 nitrogen and oxygen atoms in total. The molecule has 1 aromatic carbocycles. The molecule has 3 rings (SSSR count). The van der Waals surface area contributed by atoms with Gasteiger partial charge in [0.25, 0.3) is 0 Å². The molecule has 3 atom stereocenters. The summed E-state index contributed by atoms with van der Waals surface area (Å²) in [5, 5.41) is 10.1. The van der Waals surface area contributed by atoms with Crippen LogP contribution in [0.4, 0.5) is 13.2 Å². The Bertz CT molecular complexity index is 702. The summed E-state index contributed by atoms with van der Waals surface area (Å²) in [5.74, 6) is -2.22. The predicted octanol–water partition coefficient (Wildman–Crippen LogP) is 1.96. The molecule has 2 aliphatic heterocycles. The number of carboxylic acid groups (broad SMARTS) is 1. The van der Waals surface area contributed by atoms with Crippen molar-refractivity contribution in [2.45, 2.75) is 25.1 Å². The van der Waals surface area contributed by atoms with E-state index in [-0.39, 0.29) is 17.9 Å². The first-order valence-electron chi connectivity index (χ1n) is 10.2. The van der Waals surface area contributed by atoms with Crippen molar-refractivity contribution in [3.8, 4) is 0 Å². The van der Waals surface area contributed by atoms with Gasteiger partial charge in [0.15, 0.2) is 0 Å². The summed E-state index contributed by atoms with van der Waals surface area (Å²) in [7, 11) is 1.65. The van der Waals surface area contributed by atoms with Gasteiger partial charge in [0.05, 0.1) is 18.6 Å². The standard InChI is InChI=1S/C19H28N2O3.C2HF3O2/c1-23-12-9-20-19(22)17-13-21(14-18-16(17)8-11-24-18)10-7-15-5-3-2-4-6-15;3-2(4,5)1(6)7/h2-6,16-18H,7-14H2,1H3,(H,20,22);(H,6,7)/t16-,17-,18+;/m0./s1. The Labute approximate surface area is 179 Å². The fourth-order valence-electron chi connectivity index (χ4n) is 3.86. The number of carbonyl (C=O) groups excluding carboxylic acids is 1. The van der Waals surface area contributed by atoms with Crippen LogP contribution in [0.1, 0.15) is 12.0 Å². The number of rotatable bonds is 7.